The Hall–Kier alpha value is -1.81. The Kier molecular flexibility index (Phi) is 3.49. The van der Waals surface area contributed by atoms with Crippen molar-refractivity contribution in [1.82, 2.24) is 9.78 Å². The topological polar surface area (TPSA) is 55.1 Å². The van der Waals surface area contributed by atoms with Gasteiger partial charge in [-0.15, -0.1) is 0 Å². The Morgan fingerprint density at radius 3 is 2.80 bits per heavy atom. The van der Waals surface area contributed by atoms with Crippen LogP contribution in [0.3, 0.4) is 0 Å². The maximum Gasteiger partial charge on any atom is 0.357 e. The quantitative estimate of drug-likeness (QED) is 0.919. The van der Waals surface area contributed by atoms with Gasteiger partial charge >= 0.3 is 5.97 Å². The first kappa shape index (κ1) is 13.2. The van der Waals surface area contributed by atoms with Crippen molar-refractivity contribution in [3.8, 4) is 11.1 Å². The van der Waals surface area contributed by atoms with Gasteiger partial charge in [-0.1, -0.05) is 36.2 Å². The molecule has 1 aromatic heterocycles. The summed E-state index contributed by atoms with van der Waals surface area (Å²) >= 11 is 6.25. The van der Waals surface area contributed by atoms with E-state index in [0.717, 1.165) is 43.5 Å². The van der Waals surface area contributed by atoms with E-state index in [4.69, 9.17) is 11.6 Å². The lowest BCUT2D eigenvalue weighted by molar-refractivity contribution is 0.0690. The maximum atomic E-state index is 11.5. The minimum atomic E-state index is -1.000. The van der Waals surface area contributed by atoms with E-state index in [9.17, 15) is 9.90 Å². The zero-order chi connectivity index (χ0) is 14.1. The highest BCUT2D eigenvalue weighted by molar-refractivity contribution is 6.33. The Balaban J connectivity index is 2.25. The average Bonchev–Trinajstić information content (AvgIpc) is 2.63. The summed E-state index contributed by atoms with van der Waals surface area (Å²) in [7, 11) is 0. The van der Waals surface area contributed by atoms with Gasteiger partial charge in [-0.05, 0) is 25.3 Å². The van der Waals surface area contributed by atoms with Crippen LogP contribution in [0.25, 0.3) is 11.1 Å². The fourth-order valence-electron chi connectivity index (χ4n) is 2.76. The minimum absolute atomic E-state index is 0.106. The first-order valence-electron chi connectivity index (χ1n) is 6.76. The highest BCUT2D eigenvalue weighted by Crippen LogP contribution is 2.35. The minimum Gasteiger partial charge on any atom is -0.476 e. The van der Waals surface area contributed by atoms with Crippen LogP contribution in [0.15, 0.2) is 24.3 Å². The van der Waals surface area contributed by atoms with Crippen molar-refractivity contribution in [1.29, 1.82) is 0 Å². The van der Waals surface area contributed by atoms with Crippen LogP contribution in [0.1, 0.15) is 35.4 Å². The zero-order valence-electron chi connectivity index (χ0n) is 11.0. The lowest BCUT2D eigenvalue weighted by Gasteiger charge is -2.07. The Morgan fingerprint density at radius 1 is 1.25 bits per heavy atom. The third kappa shape index (κ3) is 2.20. The van der Waals surface area contributed by atoms with Gasteiger partial charge in [-0.25, -0.2) is 4.79 Å². The van der Waals surface area contributed by atoms with E-state index in [0.29, 0.717) is 10.6 Å². The third-order valence-electron chi connectivity index (χ3n) is 3.69. The molecule has 4 nitrogen and oxygen atoms in total. The van der Waals surface area contributed by atoms with Crippen LogP contribution < -0.4 is 0 Å². The van der Waals surface area contributed by atoms with E-state index in [2.05, 4.69) is 5.10 Å². The van der Waals surface area contributed by atoms with Crippen molar-refractivity contribution in [2.45, 2.75) is 32.2 Å². The molecule has 0 fully saturated rings. The van der Waals surface area contributed by atoms with Crippen molar-refractivity contribution in [3.05, 3.63) is 40.7 Å². The molecule has 104 valence electrons. The number of fused-ring (bicyclic) bond motifs is 1. The van der Waals surface area contributed by atoms with E-state index >= 15 is 0 Å². The SMILES string of the molecule is O=C(O)c1nn2c(c1-c1ccccc1Cl)CCCCC2. The van der Waals surface area contributed by atoms with Gasteiger partial charge in [0.1, 0.15) is 0 Å². The second-order valence-electron chi connectivity index (χ2n) is 4.99. The number of carboxylic acids is 1. The van der Waals surface area contributed by atoms with E-state index in [1.165, 1.54) is 0 Å². The molecule has 0 bridgehead atoms. The lowest BCUT2D eigenvalue weighted by Crippen LogP contribution is -2.04. The summed E-state index contributed by atoms with van der Waals surface area (Å²) in [6.45, 7) is 0.778. The molecule has 0 aliphatic carbocycles. The first-order valence-corrected chi connectivity index (χ1v) is 7.14. The Labute approximate surface area is 122 Å². The second kappa shape index (κ2) is 5.29. The number of halogens is 1. The number of aromatic carboxylic acids is 1. The third-order valence-corrected chi connectivity index (χ3v) is 4.02. The monoisotopic (exact) mass is 290 g/mol. The number of carboxylic acid groups (broad SMARTS) is 1. The summed E-state index contributed by atoms with van der Waals surface area (Å²) in [4.78, 5) is 11.5. The largest absolute Gasteiger partial charge is 0.476 e. The molecule has 0 radical (unpaired) electrons. The van der Waals surface area contributed by atoms with Crippen LogP contribution in [0.2, 0.25) is 5.02 Å². The smallest absolute Gasteiger partial charge is 0.357 e. The van der Waals surface area contributed by atoms with Gasteiger partial charge in [0.2, 0.25) is 0 Å². The fraction of sp³-hybridized carbons (Fsp3) is 0.333. The zero-order valence-corrected chi connectivity index (χ0v) is 11.7. The van der Waals surface area contributed by atoms with E-state index in [1.54, 1.807) is 6.07 Å². The molecule has 20 heavy (non-hydrogen) atoms. The summed E-state index contributed by atoms with van der Waals surface area (Å²) in [6, 6.07) is 7.35. The highest BCUT2D eigenvalue weighted by atomic mass is 35.5. The van der Waals surface area contributed by atoms with Crippen LogP contribution in [-0.4, -0.2) is 20.9 Å². The number of aryl methyl sites for hydroxylation is 1. The summed E-state index contributed by atoms with van der Waals surface area (Å²) in [6.07, 6.45) is 4.09. The molecule has 0 spiro atoms. The molecule has 2 heterocycles. The maximum absolute atomic E-state index is 11.5. The number of rotatable bonds is 2. The van der Waals surface area contributed by atoms with Crippen molar-refractivity contribution in [3.63, 3.8) is 0 Å². The lowest BCUT2D eigenvalue weighted by atomic mass is 10.00. The number of hydrogen-bond acceptors (Lipinski definition) is 2. The molecule has 1 N–H and O–H groups in total. The molecule has 1 aliphatic heterocycles. The number of aromatic nitrogens is 2. The molecular formula is C15H15ClN2O2. The average molecular weight is 291 g/mol. The van der Waals surface area contributed by atoms with Crippen LogP contribution in [-0.2, 0) is 13.0 Å². The van der Waals surface area contributed by atoms with Crippen LogP contribution in [0, 0.1) is 0 Å². The van der Waals surface area contributed by atoms with Gasteiger partial charge in [0.15, 0.2) is 5.69 Å². The summed E-state index contributed by atoms with van der Waals surface area (Å²) in [5, 5.41) is 14.3. The molecule has 5 heteroatoms. The van der Waals surface area contributed by atoms with E-state index in [1.807, 2.05) is 22.9 Å². The number of benzene rings is 1. The van der Waals surface area contributed by atoms with Crippen LogP contribution >= 0.6 is 11.6 Å². The van der Waals surface area contributed by atoms with Gasteiger partial charge in [0.25, 0.3) is 0 Å². The summed E-state index contributed by atoms with van der Waals surface area (Å²) < 4.78 is 1.84. The molecule has 0 saturated heterocycles. The van der Waals surface area contributed by atoms with Gasteiger partial charge < -0.3 is 5.11 Å². The van der Waals surface area contributed by atoms with Gasteiger partial charge in [0, 0.05) is 28.4 Å². The summed E-state index contributed by atoms with van der Waals surface area (Å²) in [5.41, 5.74) is 2.54. The Morgan fingerprint density at radius 2 is 2.05 bits per heavy atom. The number of carbonyl (C=O) groups is 1. The predicted molar refractivity (Wildman–Crippen MR) is 77.2 cm³/mol. The van der Waals surface area contributed by atoms with Crippen molar-refractivity contribution in [2.24, 2.45) is 0 Å². The van der Waals surface area contributed by atoms with Crippen LogP contribution in [0.5, 0.6) is 0 Å². The molecule has 0 unspecified atom stereocenters. The molecule has 0 atom stereocenters. The molecule has 0 saturated carbocycles. The Bertz CT molecular complexity index is 664. The molecule has 0 amide bonds. The van der Waals surface area contributed by atoms with E-state index < -0.39 is 5.97 Å². The molecule has 2 aromatic rings. The molecule has 1 aromatic carbocycles. The number of hydrogen-bond donors (Lipinski definition) is 1. The van der Waals surface area contributed by atoms with Crippen LogP contribution in [0.4, 0.5) is 0 Å². The summed E-state index contributed by atoms with van der Waals surface area (Å²) in [5.74, 6) is -1.000. The van der Waals surface area contributed by atoms with E-state index in [-0.39, 0.29) is 5.69 Å². The van der Waals surface area contributed by atoms with Crippen molar-refractivity contribution in [2.75, 3.05) is 0 Å². The van der Waals surface area contributed by atoms with Crippen molar-refractivity contribution >= 4 is 17.6 Å². The first-order chi connectivity index (χ1) is 9.68. The molecule has 3 rings (SSSR count). The standard InChI is InChI=1S/C15H15ClN2O2/c16-11-7-4-3-6-10(11)13-12-8-2-1-5-9-18(12)17-14(13)15(19)20/h3-4,6-7H,1-2,5,8-9H2,(H,19,20). The highest BCUT2D eigenvalue weighted by Gasteiger charge is 2.25. The van der Waals surface area contributed by atoms with Crippen molar-refractivity contribution < 1.29 is 9.90 Å². The second-order valence-corrected chi connectivity index (χ2v) is 5.40. The number of nitrogens with zero attached hydrogens (tertiary/aromatic N) is 2. The normalized spacial score (nSPS) is 14.7. The van der Waals surface area contributed by atoms with Gasteiger partial charge in [-0.3, -0.25) is 4.68 Å². The van der Waals surface area contributed by atoms with Gasteiger partial charge in [-0.2, -0.15) is 5.10 Å². The molecular weight excluding hydrogens is 276 g/mol. The predicted octanol–water partition coefficient (Wildman–Crippen LogP) is 3.63. The van der Waals surface area contributed by atoms with Gasteiger partial charge in [0.05, 0.1) is 0 Å². The fourth-order valence-corrected chi connectivity index (χ4v) is 2.99. The molecule has 1 aliphatic rings.